The molecule has 0 saturated carbocycles. The molecule has 30 heavy (non-hydrogen) atoms. The predicted molar refractivity (Wildman–Crippen MR) is 112 cm³/mol. The summed E-state index contributed by atoms with van der Waals surface area (Å²) in [5.74, 6) is -0.972. The Labute approximate surface area is 175 Å². The highest BCUT2D eigenvalue weighted by Gasteiger charge is 2.19. The predicted octanol–water partition coefficient (Wildman–Crippen LogP) is 4.23. The minimum Gasteiger partial charge on any atom is -0.382 e. The fourth-order valence-electron chi connectivity index (χ4n) is 2.90. The molecule has 0 radical (unpaired) electrons. The van der Waals surface area contributed by atoms with Crippen molar-refractivity contribution in [2.75, 3.05) is 11.1 Å². The molecule has 4 aromatic heterocycles. The number of anilines is 2. The molecule has 0 bridgehead atoms. The molecule has 0 saturated heterocycles. The number of amides is 1. The first kappa shape index (κ1) is 19.4. The van der Waals surface area contributed by atoms with Gasteiger partial charge in [-0.05, 0) is 30.3 Å². The van der Waals surface area contributed by atoms with Crippen molar-refractivity contribution in [3.63, 3.8) is 0 Å². The topological polar surface area (TPSA) is 107 Å². The van der Waals surface area contributed by atoms with Crippen LogP contribution < -0.4 is 11.1 Å². The number of nitrogens with zero attached hydrogens (tertiary/aromatic N) is 4. The van der Waals surface area contributed by atoms with Crippen molar-refractivity contribution in [3.05, 3.63) is 83.9 Å². The average molecular weight is 421 g/mol. The minimum absolute atomic E-state index is 0.0607. The maximum Gasteiger partial charge on any atom is 0.257 e. The summed E-state index contributed by atoms with van der Waals surface area (Å²) < 4.78 is 14.5. The van der Waals surface area contributed by atoms with Gasteiger partial charge in [0.25, 0.3) is 5.91 Å². The number of nitrogens with one attached hydrogen (secondary N) is 1. The van der Waals surface area contributed by atoms with E-state index < -0.39 is 11.7 Å². The van der Waals surface area contributed by atoms with Gasteiger partial charge in [0.1, 0.15) is 11.6 Å². The molecule has 148 valence electrons. The monoisotopic (exact) mass is 420 g/mol. The Balaban J connectivity index is 1.84. The van der Waals surface area contributed by atoms with Gasteiger partial charge in [-0.1, -0.05) is 11.6 Å². The summed E-state index contributed by atoms with van der Waals surface area (Å²) in [4.78, 5) is 28.8. The molecule has 3 N–H and O–H groups in total. The fourth-order valence-corrected chi connectivity index (χ4v) is 3.10. The molecule has 4 rings (SSSR count). The summed E-state index contributed by atoms with van der Waals surface area (Å²) in [6.07, 6.45) is 8.60. The summed E-state index contributed by atoms with van der Waals surface area (Å²) in [7, 11) is 0. The van der Waals surface area contributed by atoms with E-state index in [-0.39, 0.29) is 27.7 Å². The number of carbonyl (C=O) groups excluding carboxylic acids is 1. The molecule has 9 heteroatoms. The van der Waals surface area contributed by atoms with Crippen molar-refractivity contribution in [3.8, 4) is 22.4 Å². The zero-order valence-electron chi connectivity index (χ0n) is 15.4. The second-order valence-electron chi connectivity index (χ2n) is 6.22. The third kappa shape index (κ3) is 3.81. The normalized spacial score (nSPS) is 10.6. The number of rotatable bonds is 4. The Kier molecular flexibility index (Phi) is 5.32. The molecule has 0 spiro atoms. The Morgan fingerprint density at radius 2 is 1.77 bits per heavy atom. The highest BCUT2D eigenvalue weighted by atomic mass is 35.5. The first-order valence-corrected chi connectivity index (χ1v) is 9.14. The molecule has 1 amide bonds. The molecule has 0 aromatic carbocycles. The van der Waals surface area contributed by atoms with Gasteiger partial charge in [0.2, 0.25) is 0 Å². The second kappa shape index (κ2) is 8.22. The lowest BCUT2D eigenvalue weighted by Gasteiger charge is -2.15. The van der Waals surface area contributed by atoms with Gasteiger partial charge < -0.3 is 11.1 Å². The molecule has 0 fully saturated rings. The van der Waals surface area contributed by atoms with Crippen molar-refractivity contribution < 1.29 is 9.18 Å². The van der Waals surface area contributed by atoms with Gasteiger partial charge in [-0.15, -0.1) is 0 Å². The van der Waals surface area contributed by atoms with Crippen LogP contribution in [-0.4, -0.2) is 25.8 Å². The zero-order valence-corrected chi connectivity index (χ0v) is 16.1. The number of pyridine rings is 4. The van der Waals surface area contributed by atoms with E-state index in [0.29, 0.717) is 16.8 Å². The first-order chi connectivity index (χ1) is 14.5. The number of carbonyl (C=O) groups is 1. The standard InChI is InChI=1S/C21H14ClFN6O/c22-16-10-26-7-4-14(16)21(30)28-18-8-15(13-3-6-27-11-17(13)23)19(29-20(18)24)12-2-1-5-25-9-12/h1-11H,(H2,24,29)(H,28,30). The number of nitrogens with two attached hydrogens (primary N) is 1. The number of nitrogen functional groups attached to an aromatic ring is 1. The van der Waals surface area contributed by atoms with Crippen LogP contribution in [0.1, 0.15) is 10.4 Å². The van der Waals surface area contributed by atoms with Crippen molar-refractivity contribution in [2.24, 2.45) is 0 Å². The van der Waals surface area contributed by atoms with E-state index in [0.717, 1.165) is 6.20 Å². The summed E-state index contributed by atoms with van der Waals surface area (Å²) in [5, 5.41) is 2.87. The van der Waals surface area contributed by atoms with Crippen molar-refractivity contribution in [1.82, 2.24) is 19.9 Å². The summed E-state index contributed by atoms with van der Waals surface area (Å²) in [6.45, 7) is 0. The van der Waals surface area contributed by atoms with Crippen LogP contribution in [0.15, 0.2) is 67.5 Å². The van der Waals surface area contributed by atoms with E-state index in [4.69, 9.17) is 17.3 Å². The van der Waals surface area contributed by atoms with Gasteiger partial charge in [0.15, 0.2) is 0 Å². The van der Waals surface area contributed by atoms with Gasteiger partial charge in [-0.25, -0.2) is 9.37 Å². The Morgan fingerprint density at radius 3 is 2.50 bits per heavy atom. The largest absolute Gasteiger partial charge is 0.382 e. The van der Waals surface area contributed by atoms with Gasteiger partial charge in [-0.2, -0.15) is 0 Å². The van der Waals surface area contributed by atoms with Crippen molar-refractivity contribution in [2.45, 2.75) is 0 Å². The minimum atomic E-state index is -0.538. The summed E-state index contributed by atoms with van der Waals surface area (Å²) in [5.41, 5.74) is 8.29. The van der Waals surface area contributed by atoms with E-state index in [1.165, 1.54) is 30.7 Å². The van der Waals surface area contributed by atoms with Crippen LogP contribution in [0.3, 0.4) is 0 Å². The highest BCUT2D eigenvalue weighted by Crippen LogP contribution is 2.36. The molecule has 0 aliphatic rings. The van der Waals surface area contributed by atoms with Crippen LogP contribution in [0.2, 0.25) is 5.02 Å². The molecule has 0 aliphatic heterocycles. The van der Waals surface area contributed by atoms with Crippen molar-refractivity contribution >= 4 is 29.0 Å². The average Bonchev–Trinajstić information content (AvgIpc) is 2.76. The smallest absolute Gasteiger partial charge is 0.257 e. The maximum absolute atomic E-state index is 14.5. The van der Waals surface area contributed by atoms with Crippen LogP contribution in [0, 0.1) is 5.82 Å². The molecule has 0 aliphatic carbocycles. The van der Waals surface area contributed by atoms with Crippen LogP contribution >= 0.6 is 11.6 Å². The van der Waals surface area contributed by atoms with Crippen LogP contribution in [0.25, 0.3) is 22.4 Å². The van der Waals surface area contributed by atoms with E-state index in [9.17, 15) is 9.18 Å². The van der Waals surface area contributed by atoms with E-state index in [1.54, 1.807) is 30.6 Å². The second-order valence-corrected chi connectivity index (χ2v) is 6.63. The van der Waals surface area contributed by atoms with E-state index >= 15 is 0 Å². The Bertz CT molecular complexity index is 1240. The number of halogens is 2. The lowest BCUT2D eigenvalue weighted by Crippen LogP contribution is -2.15. The fraction of sp³-hybridized carbons (Fsp3) is 0. The van der Waals surface area contributed by atoms with Gasteiger partial charge >= 0.3 is 0 Å². The van der Waals surface area contributed by atoms with Gasteiger partial charge in [0.05, 0.1) is 28.2 Å². The van der Waals surface area contributed by atoms with E-state index in [2.05, 4.69) is 25.3 Å². The SMILES string of the molecule is Nc1nc(-c2cccnc2)c(-c2ccncc2F)cc1NC(=O)c1ccncc1Cl. The molecule has 7 nitrogen and oxygen atoms in total. The molecule has 4 heterocycles. The lowest BCUT2D eigenvalue weighted by atomic mass is 10.00. The molecular formula is C21H14ClFN6O. The Morgan fingerprint density at radius 1 is 1.00 bits per heavy atom. The maximum atomic E-state index is 14.5. The highest BCUT2D eigenvalue weighted by molar-refractivity contribution is 6.34. The number of hydrogen-bond acceptors (Lipinski definition) is 6. The van der Waals surface area contributed by atoms with Gasteiger partial charge in [-0.3, -0.25) is 19.7 Å². The van der Waals surface area contributed by atoms with Crippen LogP contribution in [0.5, 0.6) is 0 Å². The molecule has 0 unspecified atom stereocenters. The van der Waals surface area contributed by atoms with Crippen LogP contribution in [-0.2, 0) is 0 Å². The zero-order chi connectivity index (χ0) is 21.1. The molecular weight excluding hydrogens is 407 g/mol. The lowest BCUT2D eigenvalue weighted by molar-refractivity contribution is 0.102. The summed E-state index contributed by atoms with van der Waals surface area (Å²) in [6, 6.07) is 8.09. The van der Waals surface area contributed by atoms with E-state index in [1.807, 2.05) is 0 Å². The molecule has 0 atom stereocenters. The molecule has 4 aromatic rings. The Hall–Kier alpha value is -3.91. The number of aromatic nitrogens is 4. The first-order valence-electron chi connectivity index (χ1n) is 8.76. The van der Waals surface area contributed by atoms with Crippen LogP contribution in [0.4, 0.5) is 15.9 Å². The van der Waals surface area contributed by atoms with Crippen molar-refractivity contribution in [1.29, 1.82) is 0 Å². The third-order valence-corrected chi connectivity index (χ3v) is 4.62. The quantitative estimate of drug-likeness (QED) is 0.511. The number of hydrogen-bond donors (Lipinski definition) is 2. The third-order valence-electron chi connectivity index (χ3n) is 4.31. The summed E-state index contributed by atoms with van der Waals surface area (Å²) >= 11 is 6.04. The van der Waals surface area contributed by atoms with Gasteiger partial charge in [0, 0.05) is 47.7 Å².